The van der Waals surface area contributed by atoms with E-state index in [2.05, 4.69) is 35.7 Å². The van der Waals surface area contributed by atoms with Crippen molar-refractivity contribution in [3.05, 3.63) is 48.2 Å². The molecule has 32 heavy (non-hydrogen) atoms. The summed E-state index contributed by atoms with van der Waals surface area (Å²) < 4.78 is 8.71. The Kier molecular flexibility index (Phi) is 5.52. The maximum absolute atomic E-state index is 11.8. The van der Waals surface area contributed by atoms with Crippen molar-refractivity contribution in [2.24, 2.45) is 0 Å². The van der Waals surface area contributed by atoms with Crippen LogP contribution in [-0.4, -0.2) is 42.2 Å². The zero-order valence-corrected chi connectivity index (χ0v) is 18.7. The van der Waals surface area contributed by atoms with E-state index in [1.54, 1.807) is 24.5 Å². The van der Waals surface area contributed by atoms with Crippen LogP contribution in [0.15, 0.2) is 36.5 Å². The van der Waals surface area contributed by atoms with Gasteiger partial charge in [0.15, 0.2) is 28.6 Å². The Morgan fingerprint density at radius 1 is 1.19 bits per heavy atom. The molecule has 0 bridgehead atoms. The Morgan fingerprint density at radius 2 is 2.06 bits per heavy atom. The van der Waals surface area contributed by atoms with Crippen LogP contribution in [0.4, 0.5) is 5.82 Å². The molecule has 0 amide bonds. The summed E-state index contributed by atoms with van der Waals surface area (Å²) in [5.74, 6) is 2.72. The predicted octanol–water partition coefficient (Wildman–Crippen LogP) is 3.77. The van der Waals surface area contributed by atoms with Crippen LogP contribution in [0, 0.1) is 0 Å². The first kappa shape index (κ1) is 20.5. The lowest BCUT2D eigenvalue weighted by Crippen LogP contribution is -2.34. The van der Waals surface area contributed by atoms with E-state index in [0.717, 1.165) is 52.2 Å². The van der Waals surface area contributed by atoms with E-state index >= 15 is 0 Å². The summed E-state index contributed by atoms with van der Waals surface area (Å²) >= 11 is 1.63. The van der Waals surface area contributed by atoms with Crippen LogP contribution in [0.25, 0.3) is 21.0 Å². The summed E-state index contributed by atoms with van der Waals surface area (Å²) in [5, 5.41) is 9.73. The fourth-order valence-electron chi connectivity index (χ4n) is 3.73. The normalized spacial score (nSPS) is 14.4. The fraction of sp³-hybridized carbons (Fsp3) is 0.364. The van der Waals surface area contributed by atoms with Gasteiger partial charge in [-0.25, -0.2) is 15.0 Å². The molecule has 0 unspecified atom stereocenters. The first-order chi connectivity index (χ1) is 15.6. The summed E-state index contributed by atoms with van der Waals surface area (Å²) in [4.78, 5) is 27.6. The van der Waals surface area contributed by atoms with Gasteiger partial charge in [-0.1, -0.05) is 19.1 Å². The topological polar surface area (TPSA) is 98.9 Å². The van der Waals surface area contributed by atoms with Crippen molar-refractivity contribution in [1.82, 2.24) is 29.7 Å². The summed E-state index contributed by atoms with van der Waals surface area (Å²) in [7, 11) is 0. The molecule has 4 aromatic rings. The first-order valence-electron chi connectivity index (χ1n) is 10.7. The van der Waals surface area contributed by atoms with E-state index in [0.29, 0.717) is 18.8 Å². The molecule has 0 saturated heterocycles. The number of anilines is 1. The molecule has 1 aliphatic heterocycles. The molecule has 1 aromatic carbocycles. The molecular weight excluding hydrogens is 426 g/mol. The minimum atomic E-state index is -0.493. The van der Waals surface area contributed by atoms with Gasteiger partial charge < -0.3 is 14.2 Å². The largest absolute Gasteiger partial charge is 0.454 e. The minimum Gasteiger partial charge on any atom is -0.454 e. The monoisotopic (exact) mass is 449 g/mol. The highest BCUT2D eigenvalue weighted by atomic mass is 32.1. The van der Waals surface area contributed by atoms with E-state index in [4.69, 9.17) is 9.72 Å². The number of carbonyl (C=O) groups is 1. The molecule has 10 heteroatoms. The molecule has 9 nitrogen and oxygen atoms in total. The highest BCUT2D eigenvalue weighted by Crippen LogP contribution is 2.31. The highest BCUT2D eigenvalue weighted by Gasteiger charge is 2.25. The number of fused-ring (bicyclic) bond motifs is 2. The van der Waals surface area contributed by atoms with Gasteiger partial charge in [0.05, 0.1) is 16.8 Å². The van der Waals surface area contributed by atoms with Gasteiger partial charge in [-0.2, -0.15) is 0 Å². The van der Waals surface area contributed by atoms with Crippen LogP contribution >= 0.6 is 11.3 Å². The zero-order chi connectivity index (χ0) is 22.1. The molecule has 1 aliphatic rings. The fourth-order valence-corrected chi connectivity index (χ4v) is 4.69. The van der Waals surface area contributed by atoms with E-state index in [1.807, 2.05) is 31.2 Å². The van der Waals surface area contributed by atoms with Gasteiger partial charge in [-0.05, 0) is 31.5 Å². The van der Waals surface area contributed by atoms with Crippen LogP contribution in [0.1, 0.15) is 44.4 Å². The number of nitrogens with zero attached hydrogens (tertiary/aromatic N) is 7. The molecule has 0 aliphatic carbocycles. The van der Waals surface area contributed by atoms with Crippen molar-refractivity contribution >= 4 is 33.3 Å². The van der Waals surface area contributed by atoms with Crippen LogP contribution in [0.5, 0.6) is 0 Å². The second kappa shape index (κ2) is 8.62. The average Bonchev–Trinajstić information content (AvgIpc) is 3.42. The van der Waals surface area contributed by atoms with E-state index in [9.17, 15) is 4.79 Å². The van der Waals surface area contributed by atoms with Crippen molar-refractivity contribution in [2.75, 3.05) is 11.4 Å². The summed E-state index contributed by atoms with van der Waals surface area (Å²) in [6.45, 7) is 5.81. The zero-order valence-electron chi connectivity index (χ0n) is 17.9. The number of carbonyl (C=O) groups excluding carboxylic acids is 1. The molecule has 164 valence electrons. The van der Waals surface area contributed by atoms with Gasteiger partial charge in [-0.3, -0.25) is 4.79 Å². The predicted molar refractivity (Wildman–Crippen MR) is 121 cm³/mol. The number of hydrogen-bond donors (Lipinski definition) is 0. The summed E-state index contributed by atoms with van der Waals surface area (Å²) in [5.41, 5.74) is 0.976. The number of esters is 1. The first-order valence-corrected chi connectivity index (χ1v) is 11.5. The third-order valence-corrected chi connectivity index (χ3v) is 6.38. The number of ether oxygens (including phenoxy) is 1. The summed E-state index contributed by atoms with van der Waals surface area (Å²) in [6.07, 6.45) is 2.35. The third kappa shape index (κ3) is 3.93. The van der Waals surface area contributed by atoms with Crippen molar-refractivity contribution in [3.8, 4) is 10.8 Å². The number of thiazole rings is 1. The third-order valence-electron chi connectivity index (χ3n) is 5.35. The molecule has 3 aromatic heterocycles. The molecule has 0 radical (unpaired) electrons. The molecule has 1 atom stereocenters. The molecule has 5 rings (SSSR count). The minimum absolute atomic E-state index is 0.234. The Bertz CT molecular complexity index is 1240. The molecular formula is C22H23N7O2S. The molecule has 0 saturated carbocycles. The Balaban J connectivity index is 1.35. The Morgan fingerprint density at radius 3 is 2.91 bits per heavy atom. The van der Waals surface area contributed by atoms with Gasteiger partial charge in [-0.15, -0.1) is 21.5 Å². The van der Waals surface area contributed by atoms with Gasteiger partial charge >= 0.3 is 5.97 Å². The van der Waals surface area contributed by atoms with Crippen molar-refractivity contribution in [2.45, 2.75) is 45.9 Å². The quantitative estimate of drug-likeness (QED) is 0.410. The smallest absolute Gasteiger partial charge is 0.306 e. The molecule has 0 spiro atoms. The van der Waals surface area contributed by atoms with Crippen molar-refractivity contribution in [3.63, 3.8) is 0 Å². The number of aromatic nitrogens is 6. The van der Waals surface area contributed by atoms with Crippen molar-refractivity contribution in [1.29, 1.82) is 0 Å². The maximum atomic E-state index is 11.8. The second-order valence-corrected chi connectivity index (χ2v) is 8.69. The van der Waals surface area contributed by atoms with Gasteiger partial charge in [0.2, 0.25) is 0 Å². The standard InChI is InChI=1S/C22H23N7O2S/c1-3-6-19(30)31-14(2)20-23-10-9-17(25-20)28-11-12-29-18(13-28)26-27-21(29)22-24-15-7-4-5-8-16(15)32-22/h4-5,7-10,14H,3,6,11-13H2,1-2H3/t14-/m1/s1. The van der Waals surface area contributed by atoms with E-state index in [-0.39, 0.29) is 5.97 Å². The van der Waals surface area contributed by atoms with Crippen molar-refractivity contribution < 1.29 is 9.53 Å². The molecule has 0 N–H and O–H groups in total. The molecule has 4 heterocycles. The maximum Gasteiger partial charge on any atom is 0.306 e. The van der Waals surface area contributed by atoms with E-state index < -0.39 is 6.10 Å². The Labute approximate surface area is 189 Å². The van der Waals surface area contributed by atoms with Crippen LogP contribution in [-0.2, 0) is 22.6 Å². The van der Waals surface area contributed by atoms with Gasteiger partial charge in [0.25, 0.3) is 0 Å². The van der Waals surface area contributed by atoms with Crippen LogP contribution in [0.3, 0.4) is 0 Å². The number of rotatable bonds is 6. The highest BCUT2D eigenvalue weighted by molar-refractivity contribution is 7.21. The number of hydrogen-bond acceptors (Lipinski definition) is 9. The lowest BCUT2D eigenvalue weighted by atomic mass is 10.3. The number of para-hydroxylation sites is 1. The SMILES string of the molecule is CCCC(=O)O[C@H](C)c1nccc(N2CCn3c(nnc3-c3nc4ccccc4s3)C2)n1. The average molecular weight is 450 g/mol. The lowest BCUT2D eigenvalue weighted by Gasteiger charge is -2.28. The van der Waals surface area contributed by atoms with Crippen LogP contribution < -0.4 is 4.90 Å². The molecule has 0 fully saturated rings. The Hall–Kier alpha value is -3.40. The van der Waals surface area contributed by atoms with E-state index in [1.165, 1.54) is 0 Å². The van der Waals surface area contributed by atoms with Crippen LogP contribution in [0.2, 0.25) is 0 Å². The summed E-state index contributed by atoms with van der Waals surface area (Å²) in [6, 6.07) is 9.95. The lowest BCUT2D eigenvalue weighted by molar-refractivity contribution is -0.149. The van der Waals surface area contributed by atoms with Gasteiger partial charge in [0.1, 0.15) is 5.82 Å². The second-order valence-electron chi connectivity index (χ2n) is 7.65. The van der Waals surface area contributed by atoms with Gasteiger partial charge in [0, 0.05) is 25.7 Å². The number of benzene rings is 1.